The molecule has 27 nitrogen and oxygen atoms in total. The normalized spacial score (nSPS) is 43.1. The third kappa shape index (κ3) is 11.9. The summed E-state index contributed by atoms with van der Waals surface area (Å²) in [4.78, 5) is 24.6. The van der Waals surface area contributed by atoms with E-state index in [-0.39, 0.29) is 6.61 Å². The van der Waals surface area contributed by atoms with Gasteiger partial charge in [-0.3, -0.25) is 4.79 Å². The number of carbonyl (C=O) groups is 2. The number of nitrogens with one attached hydrogen (secondary N) is 1. The van der Waals surface area contributed by atoms with Crippen LogP contribution in [0, 0.1) is 0 Å². The van der Waals surface area contributed by atoms with Crippen LogP contribution < -0.4 is 11.1 Å². The van der Waals surface area contributed by atoms with Gasteiger partial charge in [-0.05, 0) is 25.8 Å². The molecule has 4 rings (SSSR count). The lowest BCUT2D eigenvalue weighted by molar-refractivity contribution is -0.398. The molecule has 62 heavy (non-hydrogen) atoms. The van der Waals surface area contributed by atoms with E-state index < -0.39 is 179 Å². The molecule has 0 spiro atoms. The predicted octanol–water partition coefficient (Wildman–Crippen LogP) is -9.89. The maximum absolute atomic E-state index is 12.5. The number of ether oxygens (including phenoxy) is 8. The summed E-state index contributed by atoms with van der Waals surface area (Å²) in [6.07, 6.45) is -39.7. The molecule has 0 aromatic heterocycles. The SMILES string of the molecule is CC(=O)NC1[C@@H](OC2C(O)[C@H](O)[C@H]([C@@H](O)CO)O[C@@H]2O[C@@H]2C(O)[C@@H](O[C@H]3C([C@H](O)CO)O[C@@](OCCCCCN)(C(=O)O)C[C@H]3O)OC([C@@H](O)CO)[C@H]2O)OC(CO)[C@@H](O)[C@H]1O. The van der Waals surface area contributed by atoms with Crippen LogP contribution in [0.1, 0.15) is 32.6 Å². The number of carbonyl (C=O) groups excluding carboxylic acids is 1. The van der Waals surface area contributed by atoms with Crippen molar-refractivity contribution in [3.8, 4) is 0 Å². The van der Waals surface area contributed by atoms with Crippen molar-refractivity contribution in [2.24, 2.45) is 5.73 Å². The van der Waals surface area contributed by atoms with Gasteiger partial charge in [-0.15, -0.1) is 0 Å². The number of nitrogens with two attached hydrogens (primary N) is 1. The molecule has 0 aromatic carbocycles. The van der Waals surface area contributed by atoms with Crippen LogP contribution in [0.3, 0.4) is 0 Å². The Hall–Kier alpha value is -1.98. The first-order valence-electron chi connectivity index (χ1n) is 20.0. The summed E-state index contributed by atoms with van der Waals surface area (Å²) in [6, 6.07) is -1.65. The lowest BCUT2D eigenvalue weighted by Gasteiger charge is -2.51. The van der Waals surface area contributed by atoms with Gasteiger partial charge in [0, 0.05) is 13.3 Å². The number of unbranched alkanes of at least 4 members (excludes halogenated alkanes) is 2. The summed E-state index contributed by atoms with van der Waals surface area (Å²) < 4.78 is 45.7. The minimum Gasteiger partial charge on any atom is -0.477 e. The van der Waals surface area contributed by atoms with Crippen LogP contribution in [0.15, 0.2) is 0 Å². The Morgan fingerprint density at radius 2 is 1.24 bits per heavy atom. The van der Waals surface area contributed by atoms with Crippen LogP contribution in [0.25, 0.3) is 0 Å². The van der Waals surface area contributed by atoms with Gasteiger partial charge in [-0.25, -0.2) is 4.79 Å². The van der Waals surface area contributed by atoms with Gasteiger partial charge in [0.25, 0.3) is 5.79 Å². The van der Waals surface area contributed by atoms with E-state index in [1.165, 1.54) is 0 Å². The molecule has 4 aliphatic heterocycles. The Morgan fingerprint density at radius 1 is 0.677 bits per heavy atom. The standard InChI is InChI=1S/C35H62N2O25/c1-12(42)37-18-20(48)19(47)17(11-41)56-31(18)61-30-22(50)21(49)25(14(44)8-38)58-33(30)60-29-23(51)26(15(45)9-39)57-32(24(29)52)59-27-13(43)7-35(34(53)54,55-6-4-2-3-5-36)62-28(27)16(46)10-40/h13-33,38-41,43-52H,2-11,36H2,1H3,(H,37,42)(H,53,54)/t13-,14+,15+,16-,17?,18?,19-,20+,21+,22?,23-,24?,25+,26?,27-,28?,29+,30?,31-,32-,33-,35-/m1/s1. The van der Waals surface area contributed by atoms with Gasteiger partial charge in [0.1, 0.15) is 104 Å². The van der Waals surface area contributed by atoms with E-state index in [2.05, 4.69) is 5.32 Å². The fourth-order valence-corrected chi connectivity index (χ4v) is 7.61. The molecular formula is C35H62N2O25. The monoisotopic (exact) mass is 910 g/mol. The average molecular weight is 911 g/mol. The zero-order chi connectivity index (χ0) is 46.2. The Labute approximate surface area is 353 Å². The highest BCUT2D eigenvalue weighted by molar-refractivity contribution is 5.76. The van der Waals surface area contributed by atoms with Gasteiger partial charge in [-0.2, -0.15) is 0 Å². The van der Waals surface area contributed by atoms with Crippen molar-refractivity contribution in [1.29, 1.82) is 0 Å². The maximum Gasteiger partial charge on any atom is 0.364 e. The summed E-state index contributed by atoms with van der Waals surface area (Å²) >= 11 is 0. The molecular weight excluding hydrogens is 848 g/mol. The number of rotatable bonds is 21. The molecule has 27 heteroatoms. The zero-order valence-electron chi connectivity index (χ0n) is 33.6. The number of aliphatic hydroxyl groups excluding tert-OH is 14. The second-order valence-electron chi connectivity index (χ2n) is 15.5. The predicted molar refractivity (Wildman–Crippen MR) is 195 cm³/mol. The molecule has 18 N–H and O–H groups in total. The summed E-state index contributed by atoms with van der Waals surface area (Å²) in [6.45, 7) is -2.98. The number of carboxylic acids is 1. The molecule has 0 bridgehead atoms. The molecule has 4 aliphatic rings. The molecule has 4 saturated heterocycles. The number of aliphatic hydroxyl groups is 14. The van der Waals surface area contributed by atoms with Gasteiger partial charge in [0.2, 0.25) is 5.91 Å². The number of carboxylic acid groups (broad SMARTS) is 1. The molecule has 4 heterocycles. The van der Waals surface area contributed by atoms with Crippen molar-refractivity contribution in [1.82, 2.24) is 5.32 Å². The van der Waals surface area contributed by atoms with Gasteiger partial charge in [0.15, 0.2) is 18.9 Å². The van der Waals surface area contributed by atoms with Crippen LogP contribution in [-0.2, 0) is 47.5 Å². The summed E-state index contributed by atoms with van der Waals surface area (Å²) in [5, 5.41) is 162. The van der Waals surface area contributed by atoms with Crippen molar-refractivity contribution in [2.45, 2.75) is 167 Å². The van der Waals surface area contributed by atoms with Crippen molar-refractivity contribution in [3.63, 3.8) is 0 Å². The van der Waals surface area contributed by atoms with E-state index in [4.69, 9.17) is 43.6 Å². The first kappa shape index (κ1) is 52.6. The highest BCUT2D eigenvalue weighted by Gasteiger charge is 2.59. The molecule has 0 aliphatic carbocycles. The summed E-state index contributed by atoms with van der Waals surface area (Å²) in [5.74, 6) is -5.09. The second kappa shape index (κ2) is 23.5. The van der Waals surface area contributed by atoms with Gasteiger partial charge in [0.05, 0.1) is 39.1 Å². The Kier molecular flexibility index (Phi) is 19.9. The number of hydrogen-bond donors (Lipinski definition) is 17. The number of aliphatic carboxylic acids is 1. The fraction of sp³-hybridized carbons (Fsp3) is 0.943. The third-order valence-corrected chi connectivity index (χ3v) is 11.0. The molecule has 0 radical (unpaired) electrons. The first-order chi connectivity index (χ1) is 29.3. The number of hydrogen-bond acceptors (Lipinski definition) is 25. The maximum atomic E-state index is 12.5. The fourth-order valence-electron chi connectivity index (χ4n) is 7.61. The minimum absolute atomic E-state index is 0.199. The van der Waals surface area contributed by atoms with Crippen LogP contribution >= 0.6 is 0 Å². The Morgan fingerprint density at radius 3 is 1.81 bits per heavy atom. The van der Waals surface area contributed by atoms with E-state index in [1.54, 1.807) is 0 Å². The largest absolute Gasteiger partial charge is 0.477 e. The lowest BCUT2D eigenvalue weighted by Crippen LogP contribution is -2.70. The summed E-state index contributed by atoms with van der Waals surface area (Å²) in [7, 11) is 0. The van der Waals surface area contributed by atoms with Crippen LogP contribution in [0.5, 0.6) is 0 Å². The van der Waals surface area contributed by atoms with Crippen LogP contribution in [-0.4, -0.2) is 263 Å². The van der Waals surface area contributed by atoms with Gasteiger partial charge < -0.3 is 126 Å². The highest BCUT2D eigenvalue weighted by atomic mass is 16.8. The van der Waals surface area contributed by atoms with Crippen molar-refractivity contribution in [3.05, 3.63) is 0 Å². The van der Waals surface area contributed by atoms with E-state index in [9.17, 15) is 86.2 Å². The highest BCUT2D eigenvalue weighted by Crippen LogP contribution is 2.38. The van der Waals surface area contributed by atoms with Crippen LogP contribution in [0.2, 0.25) is 0 Å². The van der Waals surface area contributed by atoms with E-state index in [1.807, 2.05) is 0 Å². The molecule has 7 unspecified atom stereocenters. The average Bonchev–Trinajstić information content (AvgIpc) is 3.24. The molecule has 362 valence electrons. The third-order valence-electron chi connectivity index (χ3n) is 11.0. The van der Waals surface area contributed by atoms with Crippen molar-refractivity contribution >= 4 is 11.9 Å². The Balaban J connectivity index is 1.69. The van der Waals surface area contributed by atoms with E-state index >= 15 is 0 Å². The molecule has 0 aromatic rings. The van der Waals surface area contributed by atoms with Gasteiger partial charge in [-0.1, -0.05) is 0 Å². The smallest absolute Gasteiger partial charge is 0.364 e. The second-order valence-corrected chi connectivity index (χ2v) is 15.5. The van der Waals surface area contributed by atoms with E-state index in [0.29, 0.717) is 25.8 Å². The van der Waals surface area contributed by atoms with Crippen molar-refractivity contribution in [2.75, 3.05) is 39.6 Å². The number of amides is 1. The molecule has 22 atom stereocenters. The van der Waals surface area contributed by atoms with E-state index in [0.717, 1.165) is 6.92 Å². The lowest BCUT2D eigenvalue weighted by atomic mass is 9.91. The minimum atomic E-state index is -2.59. The quantitative estimate of drug-likeness (QED) is 0.0475. The Bertz CT molecular complexity index is 1390. The summed E-state index contributed by atoms with van der Waals surface area (Å²) in [5.41, 5.74) is 5.50. The van der Waals surface area contributed by atoms with Crippen molar-refractivity contribution < 1.29 is 124 Å². The zero-order valence-corrected chi connectivity index (χ0v) is 33.6. The topological polar surface area (TPSA) is 449 Å². The molecule has 0 saturated carbocycles. The first-order valence-corrected chi connectivity index (χ1v) is 20.0. The van der Waals surface area contributed by atoms with Crippen LogP contribution in [0.4, 0.5) is 0 Å². The van der Waals surface area contributed by atoms with Gasteiger partial charge >= 0.3 is 5.97 Å². The molecule has 1 amide bonds. The molecule has 4 fully saturated rings.